The molecule has 1 spiro atoms. The summed E-state index contributed by atoms with van der Waals surface area (Å²) in [6.07, 6.45) is 7.36. The van der Waals surface area contributed by atoms with E-state index in [2.05, 4.69) is 39.0 Å². The molecule has 6 atom stereocenters. The Bertz CT molecular complexity index is 2150. The highest BCUT2D eigenvalue weighted by Gasteiger charge is 2.43. The maximum atomic E-state index is 14.7. The van der Waals surface area contributed by atoms with Crippen molar-refractivity contribution in [3.63, 3.8) is 0 Å². The maximum Gasteiger partial charge on any atom is 0.509 e. The van der Waals surface area contributed by atoms with Crippen molar-refractivity contribution in [1.82, 2.24) is 14.5 Å². The van der Waals surface area contributed by atoms with Gasteiger partial charge in [-0.1, -0.05) is 50.9 Å². The fourth-order valence-corrected chi connectivity index (χ4v) is 10.4. The fraction of sp³-hybridized carbons (Fsp3) is 0.524. The predicted octanol–water partition coefficient (Wildman–Crippen LogP) is 7.70. The molecule has 0 fully saturated rings. The smallest absolute Gasteiger partial charge is 0.490 e. The van der Waals surface area contributed by atoms with Gasteiger partial charge in [0, 0.05) is 48.3 Å². The summed E-state index contributed by atoms with van der Waals surface area (Å²) in [7, 11) is -0.697. The Morgan fingerprint density at radius 1 is 1.18 bits per heavy atom. The third-order valence-corrected chi connectivity index (χ3v) is 13.4. The van der Waals surface area contributed by atoms with Gasteiger partial charge in [-0.15, -0.1) is 9.46 Å². The topological polar surface area (TPSA) is 151 Å². The number of nitrogens with zero attached hydrogens (tertiary/aromatic N) is 4. The minimum Gasteiger partial charge on any atom is -0.490 e. The summed E-state index contributed by atoms with van der Waals surface area (Å²) < 4.78 is 46.3. The van der Waals surface area contributed by atoms with Crippen LogP contribution in [0.5, 0.6) is 11.6 Å². The number of allylic oxidation sites excluding steroid dienone is 1. The number of benzene rings is 2. The number of aromatic nitrogens is 2. The van der Waals surface area contributed by atoms with Crippen LogP contribution in [-0.4, -0.2) is 76.7 Å². The first-order valence-electron chi connectivity index (χ1n) is 19.7. The summed E-state index contributed by atoms with van der Waals surface area (Å²) in [5.74, 6) is -1.42. The van der Waals surface area contributed by atoms with Crippen molar-refractivity contribution in [2.24, 2.45) is 29.2 Å². The molecule has 1 unspecified atom stereocenters. The number of rotatable bonds is 6. The Balaban J connectivity index is 1.47. The zero-order chi connectivity index (χ0) is 41.1. The molecule has 308 valence electrons. The molecule has 3 aliphatic rings. The number of carbonyl (C=O) groups excluding carboxylic acids is 3. The first-order valence-corrected chi connectivity index (χ1v) is 21.7. The largest absolute Gasteiger partial charge is 0.509 e. The molecule has 2 aliphatic heterocycles. The van der Waals surface area contributed by atoms with Crippen molar-refractivity contribution < 1.29 is 37.5 Å². The number of nitrogens with one attached hydrogen (secondary N) is 1. The Labute approximate surface area is 340 Å². The first kappa shape index (κ1) is 42.1. The monoisotopic (exact) mass is 823 g/mol. The number of ether oxygens (including phenoxy) is 4. The van der Waals surface area contributed by atoms with E-state index < -0.39 is 34.0 Å². The molecule has 13 nitrogen and oxygen atoms in total. The molecule has 2 amide bonds. The molecule has 3 heterocycles. The van der Waals surface area contributed by atoms with Crippen molar-refractivity contribution in [1.29, 1.82) is 0 Å². The van der Waals surface area contributed by atoms with Crippen LogP contribution in [0.2, 0.25) is 5.02 Å². The lowest BCUT2D eigenvalue weighted by Crippen LogP contribution is -2.47. The van der Waals surface area contributed by atoms with Crippen LogP contribution in [-0.2, 0) is 38.3 Å². The van der Waals surface area contributed by atoms with E-state index in [0.717, 1.165) is 25.7 Å². The van der Waals surface area contributed by atoms with Gasteiger partial charge < -0.3 is 23.8 Å². The quantitative estimate of drug-likeness (QED) is 0.194. The molecular weight excluding hydrogens is 770 g/mol. The SMILES string of the molecule is CC[C@H]1CN2C[C@@]3(CCCc4cc(Cl)ccc43)COc3ccc(cc32)C(=O)N=S(=O)(NC(=O)c2cn(C)nc2OC)C[C@@H](C)C/C=C/[C@H](OC(=O)OC(C)C)[C@@H]1C. The minimum atomic E-state index is -3.71. The summed E-state index contributed by atoms with van der Waals surface area (Å²) in [6, 6.07) is 11.2. The van der Waals surface area contributed by atoms with Gasteiger partial charge in [-0.05, 0) is 98.9 Å². The molecular formula is C42H54ClN5O8S. The van der Waals surface area contributed by atoms with E-state index >= 15 is 0 Å². The van der Waals surface area contributed by atoms with Crippen LogP contribution in [0.25, 0.3) is 0 Å². The van der Waals surface area contributed by atoms with E-state index in [0.29, 0.717) is 42.6 Å². The van der Waals surface area contributed by atoms with Crippen molar-refractivity contribution in [3.05, 3.63) is 82.0 Å². The molecule has 3 aromatic rings. The highest BCUT2D eigenvalue weighted by atomic mass is 35.5. The average Bonchev–Trinajstić information content (AvgIpc) is 3.47. The Hall–Kier alpha value is -4.56. The van der Waals surface area contributed by atoms with Crippen LogP contribution in [0.1, 0.15) is 92.1 Å². The van der Waals surface area contributed by atoms with Crippen molar-refractivity contribution in [2.75, 3.05) is 37.5 Å². The molecule has 1 aliphatic carbocycles. The molecule has 0 radical (unpaired) electrons. The number of hydrogen-bond acceptors (Lipinski definition) is 10. The Morgan fingerprint density at radius 2 is 1.96 bits per heavy atom. The highest BCUT2D eigenvalue weighted by molar-refractivity contribution is 7.92. The van der Waals surface area contributed by atoms with E-state index in [1.807, 2.05) is 31.2 Å². The minimum absolute atomic E-state index is 0.0237. The normalized spacial score (nSPS) is 27.0. The molecule has 1 aromatic heterocycles. The lowest BCUT2D eigenvalue weighted by Gasteiger charge is -2.42. The first-order chi connectivity index (χ1) is 27.1. The number of aryl methyl sites for hydroxylation is 2. The van der Waals surface area contributed by atoms with Gasteiger partial charge >= 0.3 is 6.16 Å². The van der Waals surface area contributed by atoms with E-state index in [1.165, 1.54) is 29.1 Å². The van der Waals surface area contributed by atoms with Gasteiger partial charge in [0.2, 0.25) is 5.88 Å². The number of carbonyl (C=O) groups is 3. The number of hydrogen-bond donors (Lipinski definition) is 1. The number of fused-ring (bicyclic) bond motifs is 3. The van der Waals surface area contributed by atoms with Crippen LogP contribution < -0.4 is 19.1 Å². The standard InChI is InChI=1S/C42H54ClN5O8S/c1-8-29-21-48-24-42(18-10-12-30-19-32(43)15-16-34(30)42)25-54-37-17-14-31(20-35(37)48)38(49)45-57(52,46-39(50)33-22-47(6)44-40(33)53-7)23-27(4)11-9-13-36(28(29)5)56-41(51)55-26(2)3/h9,13-17,19-20,22,26-29,36H,8,10-12,18,21,23-25H2,1-7H3,(H,45,46,49,50,52)/b13-9+/t27-,28+,29-,36-,42-,57?/m0/s1. The molecule has 1 N–H and O–H groups in total. The van der Waals surface area contributed by atoms with Crippen molar-refractivity contribution >= 4 is 45.2 Å². The van der Waals surface area contributed by atoms with Gasteiger partial charge in [-0.25, -0.2) is 9.00 Å². The van der Waals surface area contributed by atoms with Gasteiger partial charge in [0.15, 0.2) is 0 Å². The number of anilines is 1. The van der Waals surface area contributed by atoms with Crippen molar-refractivity contribution in [2.45, 2.75) is 84.3 Å². The zero-order valence-corrected chi connectivity index (χ0v) is 35.4. The van der Waals surface area contributed by atoms with E-state index in [9.17, 15) is 18.6 Å². The van der Waals surface area contributed by atoms with Gasteiger partial charge in [-0.2, -0.15) is 0 Å². The summed E-state index contributed by atoms with van der Waals surface area (Å²) in [5, 5.41) is 4.84. The van der Waals surface area contributed by atoms with Gasteiger partial charge in [0.1, 0.15) is 27.3 Å². The molecule has 57 heavy (non-hydrogen) atoms. The van der Waals surface area contributed by atoms with Crippen LogP contribution >= 0.6 is 11.6 Å². The summed E-state index contributed by atoms with van der Waals surface area (Å²) >= 11 is 6.48. The summed E-state index contributed by atoms with van der Waals surface area (Å²) in [5.41, 5.74) is 2.96. The van der Waals surface area contributed by atoms with Gasteiger partial charge in [0.25, 0.3) is 11.8 Å². The van der Waals surface area contributed by atoms with Crippen LogP contribution in [0.4, 0.5) is 10.5 Å². The molecule has 6 rings (SSSR count). The number of methoxy groups -OCH3 is 1. The maximum absolute atomic E-state index is 14.7. The molecule has 15 heteroatoms. The molecule has 0 saturated heterocycles. The summed E-state index contributed by atoms with van der Waals surface area (Å²) in [4.78, 5) is 43.0. The van der Waals surface area contributed by atoms with Gasteiger partial charge in [-0.3, -0.25) is 19.0 Å². The lowest BCUT2D eigenvalue weighted by atomic mass is 9.70. The van der Waals surface area contributed by atoms with E-state index in [1.54, 1.807) is 39.1 Å². The van der Waals surface area contributed by atoms with E-state index in [4.69, 9.17) is 30.5 Å². The van der Waals surface area contributed by atoms with Gasteiger partial charge in [0.05, 0.1) is 31.3 Å². The van der Waals surface area contributed by atoms with Crippen molar-refractivity contribution in [3.8, 4) is 11.6 Å². The molecule has 2 aromatic carbocycles. The second-order valence-corrected chi connectivity index (χ2v) is 18.4. The molecule has 2 bridgehead atoms. The van der Waals surface area contributed by atoms with Crippen LogP contribution in [0, 0.1) is 17.8 Å². The average molecular weight is 824 g/mol. The second-order valence-electron chi connectivity index (χ2n) is 15.9. The third kappa shape index (κ3) is 9.60. The number of halogens is 1. The Kier molecular flexibility index (Phi) is 12.9. The lowest BCUT2D eigenvalue weighted by molar-refractivity contribution is -0.00155. The third-order valence-electron chi connectivity index (χ3n) is 11.2. The van der Waals surface area contributed by atoms with Crippen LogP contribution in [0.15, 0.2) is 59.1 Å². The Morgan fingerprint density at radius 3 is 2.70 bits per heavy atom. The number of amides is 2. The molecule has 0 saturated carbocycles. The van der Waals surface area contributed by atoms with E-state index in [-0.39, 0.29) is 52.0 Å². The second kappa shape index (κ2) is 17.5. The van der Waals surface area contributed by atoms with Crippen LogP contribution in [0.3, 0.4) is 0 Å². The zero-order valence-electron chi connectivity index (χ0n) is 33.8. The highest BCUT2D eigenvalue weighted by Crippen LogP contribution is 2.45. The predicted molar refractivity (Wildman–Crippen MR) is 220 cm³/mol. The summed E-state index contributed by atoms with van der Waals surface area (Å²) in [6.45, 7) is 11.2. The fourth-order valence-electron chi connectivity index (χ4n) is 8.28.